The summed E-state index contributed by atoms with van der Waals surface area (Å²) in [4.78, 5) is 3.86. The highest BCUT2D eigenvalue weighted by Gasteiger charge is 2.27. The van der Waals surface area contributed by atoms with Gasteiger partial charge in [-0.15, -0.1) is 11.3 Å². The number of nitrogens with two attached hydrogens (primary N) is 1. The summed E-state index contributed by atoms with van der Waals surface area (Å²) in [6, 6.07) is 8.50. The van der Waals surface area contributed by atoms with Crippen LogP contribution >= 0.6 is 22.9 Å². The molecule has 0 radical (unpaired) electrons. The van der Waals surface area contributed by atoms with Crippen LogP contribution in [-0.4, -0.2) is 21.8 Å². The fraction of sp³-hybridized carbons (Fsp3) is 0.227. The van der Waals surface area contributed by atoms with Crippen molar-refractivity contribution in [3.05, 3.63) is 75.6 Å². The summed E-state index contributed by atoms with van der Waals surface area (Å²) < 4.78 is 49.3. The Morgan fingerprint density at radius 1 is 1.31 bits per heavy atom. The first-order valence-electron chi connectivity index (χ1n) is 9.82. The lowest BCUT2D eigenvalue weighted by molar-refractivity contribution is 0.252. The quantitative estimate of drug-likeness (QED) is 0.459. The minimum absolute atomic E-state index is 0.106. The SMILES string of the molecule is NC1CCC=C(c2cccc(F)c2)C1COc1cc(F)c(S(=O)Nc2cscn2)cc1Cl. The van der Waals surface area contributed by atoms with Crippen molar-refractivity contribution in [2.24, 2.45) is 11.7 Å². The average molecular weight is 496 g/mol. The van der Waals surface area contributed by atoms with Crippen LogP contribution in [0.4, 0.5) is 14.6 Å². The van der Waals surface area contributed by atoms with Gasteiger partial charge in [-0.25, -0.2) is 18.0 Å². The normalized spacial score (nSPS) is 19.3. The van der Waals surface area contributed by atoms with E-state index in [1.54, 1.807) is 17.0 Å². The van der Waals surface area contributed by atoms with E-state index < -0.39 is 16.8 Å². The maximum absolute atomic E-state index is 14.7. The highest BCUT2D eigenvalue weighted by molar-refractivity contribution is 7.86. The minimum Gasteiger partial charge on any atom is -0.491 e. The predicted molar refractivity (Wildman–Crippen MR) is 124 cm³/mol. The van der Waals surface area contributed by atoms with Gasteiger partial charge in [-0.2, -0.15) is 0 Å². The highest BCUT2D eigenvalue weighted by Crippen LogP contribution is 2.35. The fourth-order valence-electron chi connectivity index (χ4n) is 3.58. The average Bonchev–Trinajstić information content (AvgIpc) is 3.27. The summed E-state index contributed by atoms with van der Waals surface area (Å²) >= 11 is 7.62. The number of ether oxygens (including phenoxy) is 1. The molecule has 1 heterocycles. The van der Waals surface area contributed by atoms with E-state index in [1.165, 1.54) is 29.5 Å². The van der Waals surface area contributed by atoms with Gasteiger partial charge in [0.25, 0.3) is 0 Å². The van der Waals surface area contributed by atoms with Gasteiger partial charge in [0, 0.05) is 23.4 Å². The van der Waals surface area contributed by atoms with Gasteiger partial charge in [0.2, 0.25) is 0 Å². The van der Waals surface area contributed by atoms with Gasteiger partial charge in [0.1, 0.15) is 23.2 Å². The summed E-state index contributed by atoms with van der Waals surface area (Å²) in [6.07, 6.45) is 3.57. The lowest BCUT2D eigenvalue weighted by atomic mass is 9.81. The molecular weight excluding hydrogens is 476 g/mol. The molecule has 0 amide bonds. The molecule has 168 valence electrons. The number of nitrogens with zero attached hydrogens (tertiary/aromatic N) is 1. The molecule has 3 N–H and O–H groups in total. The number of benzene rings is 2. The van der Waals surface area contributed by atoms with Crippen LogP contribution in [0, 0.1) is 17.6 Å². The topological polar surface area (TPSA) is 77.2 Å². The molecule has 0 aliphatic heterocycles. The third-order valence-electron chi connectivity index (χ3n) is 5.17. The monoisotopic (exact) mass is 495 g/mol. The first kappa shape index (κ1) is 22.8. The maximum atomic E-state index is 14.7. The largest absolute Gasteiger partial charge is 0.491 e. The number of hydrogen-bond acceptors (Lipinski definition) is 5. The number of aromatic nitrogens is 1. The first-order valence-corrected chi connectivity index (χ1v) is 12.3. The lowest BCUT2D eigenvalue weighted by Crippen LogP contribution is -2.36. The van der Waals surface area contributed by atoms with Crippen LogP contribution in [0.25, 0.3) is 5.57 Å². The number of thiazole rings is 1. The van der Waals surface area contributed by atoms with Crippen LogP contribution in [0.3, 0.4) is 0 Å². The molecule has 10 heteroatoms. The Labute approximate surface area is 195 Å². The van der Waals surface area contributed by atoms with E-state index in [1.807, 2.05) is 12.1 Å². The van der Waals surface area contributed by atoms with Crippen molar-refractivity contribution in [2.75, 3.05) is 11.3 Å². The number of allylic oxidation sites excluding steroid dienone is 1. The van der Waals surface area contributed by atoms with E-state index in [9.17, 15) is 13.0 Å². The van der Waals surface area contributed by atoms with Crippen LogP contribution in [0.15, 0.2) is 58.3 Å². The third kappa shape index (κ3) is 5.17. The number of nitrogens with one attached hydrogen (secondary N) is 1. The van der Waals surface area contributed by atoms with Gasteiger partial charge < -0.3 is 10.5 Å². The Hall–Kier alpha value is -2.33. The molecule has 4 rings (SSSR count). The third-order valence-corrected chi connectivity index (χ3v) is 7.16. The fourth-order valence-corrected chi connectivity index (χ4v) is 5.30. The van der Waals surface area contributed by atoms with Crippen molar-refractivity contribution < 1.29 is 17.7 Å². The van der Waals surface area contributed by atoms with E-state index in [2.05, 4.69) is 9.71 Å². The molecule has 3 atom stereocenters. The van der Waals surface area contributed by atoms with Crippen LogP contribution in [0.2, 0.25) is 5.02 Å². The number of hydrogen-bond donors (Lipinski definition) is 2. The Balaban J connectivity index is 1.51. The molecule has 3 unspecified atom stereocenters. The molecule has 3 aromatic rings. The van der Waals surface area contributed by atoms with Gasteiger partial charge in [0.15, 0.2) is 11.0 Å². The number of anilines is 1. The molecule has 0 fully saturated rings. The maximum Gasteiger partial charge on any atom is 0.154 e. The number of halogens is 3. The van der Waals surface area contributed by atoms with Crippen molar-refractivity contribution in [1.82, 2.24) is 4.98 Å². The molecule has 0 saturated carbocycles. The molecule has 2 aromatic carbocycles. The van der Waals surface area contributed by atoms with E-state index in [4.69, 9.17) is 22.1 Å². The minimum atomic E-state index is -1.88. The van der Waals surface area contributed by atoms with Crippen molar-refractivity contribution >= 4 is 45.3 Å². The van der Waals surface area contributed by atoms with E-state index in [0.29, 0.717) is 5.82 Å². The summed E-state index contributed by atoms with van der Waals surface area (Å²) in [7, 11) is -1.88. The molecule has 32 heavy (non-hydrogen) atoms. The van der Waals surface area contributed by atoms with Gasteiger partial charge in [-0.1, -0.05) is 29.8 Å². The summed E-state index contributed by atoms with van der Waals surface area (Å²) in [5.41, 5.74) is 9.54. The molecule has 1 aliphatic rings. The first-order chi connectivity index (χ1) is 15.4. The van der Waals surface area contributed by atoms with Crippen molar-refractivity contribution in [3.63, 3.8) is 0 Å². The summed E-state index contributed by atoms with van der Waals surface area (Å²) in [5.74, 6) is -0.770. The highest BCUT2D eigenvalue weighted by atomic mass is 35.5. The Bertz CT molecular complexity index is 1160. The Kier molecular flexibility index (Phi) is 7.20. The van der Waals surface area contributed by atoms with Gasteiger partial charge >= 0.3 is 0 Å². The van der Waals surface area contributed by atoms with Crippen molar-refractivity contribution in [2.45, 2.75) is 23.8 Å². The second-order valence-electron chi connectivity index (χ2n) is 7.29. The molecule has 0 bridgehead atoms. The second-order valence-corrected chi connectivity index (χ2v) is 9.59. The zero-order chi connectivity index (χ0) is 22.7. The molecule has 0 spiro atoms. The van der Waals surface area contributed by atoms with Crippen LogP contribution < -0.4 is 15.2 Å². The zero-order valence-corrected chi connectivity index (χ0v) is 19.2. The smallest absolute Gasteiger partial charge is 0.154 e. The van der Waals surface area contributed by atoms with Crippen LogP contribution in [-0.2, 0) is 11.0 Å². The van der Waals surface area contributed by atoms with Crippen LogP contribution in [0.5, 0.6) is 5.75 Å². The summed E-state index contributed by atoms with van der Waals surface area (Å²) in [6.45, 7) is 0.141. The van der Waals surface area contributed by atoms with E-state index in [-0.39, 0.29) is 40.1 Å². The number of rotatable bonds is 7. The Morgan fingerprint density at radius 3 is 2.91 bits per heavy atom. The van der Waals surface area contributed by atoms with Gasteiger partial charge in [-0.3, -0.25) is 4.72 Å². The predicted octanol–water partition coefficient (Wildman–Crippen LogP) is 5.41. The molecule has 1 aromatic heterocycles. The molecule has 5 nitrogen and oxygen atoms in total. The van der Waals surface area contributed by atoms with Crippen molar-refractivity contribution in [3.8, 4) is 5.75 Å². The van der Waals surface area contributed by atoms with Gasteiger partial charge in [-0.05, 0) is 42.2 Å². The van der Waals surface area contributed by atoms with Crippen LogP contribution in [0.1, 0.15) is 18.4 Å². The van der Waals surface area contributed by atoms with Crippen molar-refractivity contribution in [1.29, 1.82) is 0 Å². The lowest BCUT2D eigenvalue weighted by Gasteiger charge is -2.30. The standard InChI is InChI=1S/C22H20ClF2N3O2S2/c23-17-8-21(32(29)28-22-11-31-12-27-22)18(25)9-20(17)30-10-16-15(5-2-6-19(16)26)13-3-1-4-14(24)7-13/h1,3-5,7-9,11-12,16,19,28H,2,6,10,26H2. The van der Waals surface area contributed by atoms with E-state index in [0.717, 1.165) is 30.0 Å². The summed E-state index contributed by atoms with van der Waals surface area (Å²) in [5, 5.41) is 1.78. The molecule has 0 saturated heterocycles. The van der Waals surface area contributed by atoms with Gasteiger partial charge in [0.05, 0.1) is 22.0 Å². The zero-order valence-electron chi connectivity index (χ0n) is 16.8. The Morgan fingerprint density at radius 2 is 2.16 bits per heavy atom. The molecular formula is C22H20ClF2N3O2S2. The van der Waals surface area contributed by atoms with E-state index >= 15 is 0 Å². The second kappa shape index (κ2) is 10.1. The molecule has 1 aliphatic carbocycles.